The van der Waals surface area contributed by atoms with E-state index in [1.54, 1.807) is 0 Å². The maximum Gasteiger partial charge on any atom is 0.234 e. The van der Waals surface area contributed by atoms with E-state index in [1.807, 2.05) is 4.90 Å². The number of carbonyl (C=O) groups is 1. The number of nitrogens with zero attached hydrogens (tertiary/aromatic N) is 1. The van der Waals surface area contributed by atoms with Crippen LogP contribution in [0.4, 0.5) is 0 Å². The van der Waals surface area contributed by atoms with Crippen molar-refractivity contribution >= 4 is 15.7 Å². The molecule has 1 aliphatic rings. The van der Waals surface area contributed by atoms with Crippen molar-refractivity contribution in [2.24, 2.45) is 5.73 Å². The third-order valence-corrected chi connectivity index (χ3v) is 3.74. The van der Waals surface area contributed by atoms with E-state index in [1.165, 1.54) is 0 Å². The number of nitrogens with two attached hydrogens (primary N) is 1. The molecule has 0 aromatic heterocycles. The standard InChI is InChI=1S/C10H21N3O3S/c1-17(15,16)7-4-12-10(14)8-13-5-2-9(11)3-6-13/h9H,2-8,11H2,1H3,(H,12,14). The molecule has 3 N–H and O–H groups in total. The lowest BCUT2D eigenvalue weighted by Gasteiger charge is -2.29. The Kier molecular flexibility index (Phi) is 5.35. The van der Waals surface area contributed by atoms with E-state index in [4.69, 9.17) is 5.73 Å². The Morgan fingerprint density at radius 2 is 2.00 bits per heavy atom. The van der Waals surface area contributed by atoms with Gasteiger partial charge in [-0.2, -0.15) is 0 Å². The number of likely N-dealkylation sites (tertiary alicyclic amines) is 1. The quantitative estimate of drug-likeness (QED) is 0.634. The second-order valence-electron chi connectivity index (χ2n) is 4.59. The maximum absolute atomic E-state index is 11.5. The van der Waals surface area contributed by atoms with E-state index in [-0.39, 0.29) is 24.2 Å². The number of hydrogen-bond donors (Lipinski definition) is 2. The van der Waals surface area contributed by atoms with E-state index >= 15 is 0 Å². The molecular formula is C10H21N3O3S. The Hall–Kier alpha value is -0.660. The van der Waals surface area contributed by atoms with E-state index < -0.39 is 9.84 Å². The van der Waals surface area contributed by atoms with Crippen LogP contribution < -0.4 is 11.1 Å². The van der Waals surface area contributed by atoms with Crippen molar-refractivity contribution in [2.75, 3.05) is 38.2 Å². The van der Waals surface area contributed by atoms with Gasteiger partial charge in [-0.3, -0.25) is 9.69 Å². The molecule has 0 bridgehead atoms. The van der Waals surface area contributed by atoms with Crippen LogP contribution in [0.25, 0.3) is 0 Å². The molecule has 0 atom stereocenters. The van der Waals surface area contributed by atoms with Crippen LogP contribution in [0, 0.1) is 0 Å². The van der Waals surface area contributed by atoms with Crippen LogP contribution in [0.3, 0.4) is 0 Å². The molecule has 0 aromatic carbocycles. The molecule has 0 radical (unpaired) electrons. The van der Waals surface area contributed by atoms with Gasteiger partial charge in [0.15, 0.2) is 0 Å². The van der Waals surface area contributed by atoms with Crippen LogP contribution in [0.15, 0.2) is 0 Å². The second kappa shape index (κ2) is 6.32. The molecule has 1 rings (SSSR count). The molecule has 7 heteroatoms. The lowest BCUT2D eigenvalue weighted by Crippen LogP contribution is -2.45. The van der Waals surface area contributed by atoms with Crippen LogP contribution in [0.5, 0.6) is 0 Å². The lowest BCUT2D eigenvalue weighted by molar-refractivity contribution is -0.122. The summed E-state index contributed by atoms with van der Waals surface area (Å²) >= 11 is 0. The van der Waals surface area contributed by atoms with Crippen molar-refractivity contribution < 1.29 is 13.2 Å². The molecular weight excluding hydrogens is 242 g/mol. The van der Waals surface area contributed by atoms with Crippen LogP contribution in [0.1, 0.15) is 12.8 Å². The minimum Gasteiger partial charge on any atom is -0.354 e. The zero-order chi connectivity index (χ0) is 12.9. The molecule has 1 amide bonds. The molecule has 100 valence electrons. The molecule has 6 nitrogen and oxygen atoms in total. The Morgan fingerprint density at radius 3 is 2.53 bits per heavy atom. The first-order chi connectivity index (χ1) is 7.87. The highest BCUT2D eigenvalue weighted by atomic mass is 32.2. The summed E-state index contributed by atoms with van der Waals surface area (Å²) in [5.74, 6) is -0.131. The van der Waals surface area contributed by atoms with Gasteiger partial charge in [-0.25, -0.2) is 8.42 Å². The highest BCUT2D eigenvalue weighted by Gasteiger charge is 2.18. The van der Waals surface area contributed by atoms with Crippen molar-refractivity contribution in [3.8, 4) is 0 Å². The fourth-order valence-corrected chi connectivity index (χ4v) is 2.22. The monoisotopic (exact) mass is 263 g/mol. The zero-order valence-corrected chi connectivity index (χ0v) is 11.0. The minimum absolute atomic E-state index is 0.0103. The van der Waals surface area contributed by atoms with Gasteiger partial charge in [0.2, 0.25) is 5.91 Å². The second-order valence-corrected chi connectivity index (χ2v) is 6.85. The van der Waals surface area contributed by atoms with Crippen molar-refractivity contribution in [3.05, 3.63) is 0 Å². The summed E-state index contributed by atoms with van der Waals surface area (Å²) in [6, 6.07) is 0.250. The summed E-state index contributed by atoms with van der Waals surface area (Å²) in [5.41, 5.74) is 5.76. The van der Waals surface area contributed by atoms with Gasteiger partial charge in [0.1, 0.15) is 9.84 Å². The molecule has 1 heterocycles. The summed E-state index contributed by atoms with van der Waals surface area (Å²) in [7, 11) is -3.01. The molecule has 0 aliphatic carbocycles. The summed E-state index contributed by atoms with van der Waals surface area (Å²) < 4.78 is 21.7. The van der Waals surface area contributed by atoms with Crippen molar-refractivity contribution in [3.63, 3.8) is 0 Å². The molecule has 0 unspecified atom stereocenters. The molecule has 0 saturated carbocycles. The minimum atomic E-state index is -3.01. The van der Waals surface area contributed by atoms with Gasteiger partial charge in [-0.1, -0.05) is 0 Å². The third kappa shape index (κ3) is 6.60. The summed E-state index contributed by atoms with van der Waals surface area (Å²) in [5, 5.41) is 2.61. The van der Waals surface area contributed by atoms with Crippen molar-refractivity contribution in [2.45, 2.75) is 18.9 Å². The van der Waals surface area contributed by atoms with Crippen molar-refractivity contribution in [1.82, 2.24) is 10.2 Å². The number of carbonyl (C=O) groups excluding carboxylic acids is 1. The number of sulfone groups is 1. The Labute approximate surface area is 102 Å². The van der Waals surface area contributed by atoms with E-state index in [0.717, 1.165) is 32.2 Å². The van der Waals surface area contributed by atoms with Gasteiger partial charge in [-0.05, 0) is 12.8 Å². The van der Waals surface area contributed by atoms with Gasteiger partial charge >= 0.3 is 0 Å². The Morgan fingerprint density at radius 1 is 1.41 bits per heavy atom. The van der Waals surface area contributed by atoms with Gasteiger partial charge in [0, 0.05) is 31.9 Å². The van der Waals surface area contributed by atoms with Gasteiger partial charge in [-0.15, -0.1) is 0 Å². The first-order valence-electron chi connectivity index (χ1n) is 5.79. The van der Waals surface area contributed by atoms with Gasteiger partial charge in [0.25, 0.3) is 0 Å². The predicted molar refractivity (Wildman–Crippen MR) is 66.4 cm³/mol. The molecule has 0 spiro atoms. The van der Waals surface area contributed by atoms with Crippen LogP contribution in [-0.4, -0.2) is 63.5 Å². The molecule has 1 aliphatic heterocycles. The number of amides is 1. The average molecular weight is 263 g/mol. The lowest BCUT2D eigenvalue weighted by atomic mass is 10.1. The molecule has 17 heavy (non-hydrogen) atoms. The first-order valence-corrected chi connectivity index (χ1v) is 7.85. The van der Waals surface area contributed by atoms with E-state index in [0.29, 0.717) is 6.54 Å². The Balaban J connectivity index is 2.17. The number of hydrogen-bond acceptors (Lipinski definition) is 5. The average Bonchev–Trinajstić information content (AvgIpc) is 2.19. The normalized spacial score (nSPS) is 19.2. The van der Waals surface area contributed by atoms with E-state index in [2.05, 4.69) is 5.32 Å². The Bertz CT molecular complexity index is 348. The molecule has 0 aromatic rings. The predicted octanol–water partition coefficient (Wildman–Crippen LogP) is -1.43. The van der Waals surface area contributed by atoms with Gasteiger partial charge in [0.05, 0.1) is 12.3 Å². The zero-order valence-electron chi connectivity index (χ0n) is 10.2. The molecule has 1 saturated heterocycles. The highest BCUT2D eigenvalue weighted by Crippen LogP contribution is 2.06. The fraction of sp³-hybridized carbons (Fsp3) is 0.900. The smallest absolute Gasteiger partial charge is 0.234 e. The summed E-state index contributed by atoms with van der Waals surface area (Å²) in [4.78, 5) is 13.5. The van der Waals surface area contributed by atoms with Crippen LogP contribution >= 0.6 is 0 Å². The first kappa shape index (κ1) is 14.4. The summed E-state index contributed by atoms with van der Waals surface area (Å²) in [6.07, 6.45) is 2.98. The number of nitrogens with one attached hydrogen (secondary N) is 1. The van der Waals surface area contributed by atoms with E-state index in [9.17, 15) is 13.2 Å². The molecule has 1 fully saturated rings. The fourth-order valence-electron chi connectivity index (χ4n) is 1.75. The largest absolute Gasteiger partial charge is 0.354 e. The highest BCUT2D eigenvalue weighted by molar-refractivity contribution is 7.90. The number of rotatable bonds is 5. The number of piperidine rings is 1. The topological polar surface area (TPSA) is 92.5 Å². The third-order valence-electron chi connectivity index (χ3n) is 2.79. The van der Waals surface area contributed by atoms with Gasteiger partial charge < -0.3 is 11.1 Å². The van der Waals surface area contributed by atoms with Crippen LogP contribution in [0.2, 0.25) is 0 Å². The van der Waals surface area contributed by atoms with Crippen LogP contribution in [-0.2, 0) is 14.6 Å². The summed E-state index contributed by atoms with van der Waals surface area (Å²) in [6.45, 7) is 2.18. The maximum atomic E-state index is 11.5. The van der Waals surface area contributed by atoms with Crippen molar-refractivity contribution in [1.29, 1.82) is 0 Å². The SMILES string of the molecule is CS(=O)(=O)CCNC(=O)CN1CCC(N)CC1.